The van der Waals surface area contributed by atoms with Gasteiger partial charge in [0.05, 0.1) is 17.9 Å². The Morgan fingerprint density at radius 1 is 1.40 bits per heavy atom. The van der Waals surface area contributed by atoms with Gasteiger partial charge in [0.2, 0.25) is 10.0 Å². The minimum atomic E-state index is -3.47. The Bertz CT molecular complexity index is 561. The summed E-state index contributed by atoms with van der Waals surface area (Å²) >= 11 is 0. The fraction of sp³-hybridized carbons (Fsp3) is 0.769. The maximum Gasteiger partial charge on any atom is 0.244 e. The minimum absolute atomic E-state index is 0.303. The quantitative estimate of drug-likeness (QED) is 0.699. The van der Waals surface area contributed by atoms with Crippen molar-refractivity contribution in [2.24, 2.45) is 11.7 Å². The molecule has 0 aromatic carbocycles. The van der Waals surface area contributed by atoms with Crippen LogP contribution in [0.5, 0.6) is 0 Å². The molecule has 0 amide bonds. The van der Waals surface area contributed by atoms with Crippen LogP contribution in [0.25, 0.3) is 0 Å². The molecule has 0 bridgehead atoms. The smallest absolute Gasteiger partial charge is 0.244 e. The van der Waals surface area contributed by atoms with Crippen molar-refractivity contribution in [1.29, 1.82) is 0 Å². The zero-order valence-corrected chi connectivity index (χ0v) is 13.0. The van der Waals surface area contributed by atoms with E-state index in [0.717, 1.165) is 18.8 Å². The molecule has 0 aliphatic heterocycles. The highest BCUT2D eigenvalue weighted by Gasteiger charge is 2.25. The number of hydrogen-bond donors (Lipinski definition) is 2. The second-order valence-electron chi connectivity index (χ2n) is 5.50. The van der Waals surface area contributed by atoms with E-state index in [1.807, 2.05) is 0 Å². The Labute approximate surface area is 120 Å². The predicted octanol–water partition coefficient (Wildman–Crippen LogP) is 0.927. The lowest BCUT2D eigenvalue weighted by atomic mass is 10.2. The summed E-state index contributed by atoms with van der Waals surface area (Å²) in [6.07, 6.45) is 4.62. The van der Waals surface area contributed by atoms with Gasteiger partial charge in [0.1, 0.15) is 4.90 Å². The Morgan fingerprint density at radius 2 is 2.10 bits per heavy atom. The molecule has 1 aromatic rings. The Morgan fingerprint density at radius 3 is 2.70 bits per heavy atom. The van der Waals surface area contributed by atoms with Gasteiger partial charge in [-0.05, 0) is 32.6 Å². The van der Waals surface area contributed by atoms with Crippen molar-refractivity contribution in [3.05, 3.63) is 11.4 Å². The molecule has 0 radical (unpaired) electrons. The summed E-state index contributed by atoms with van der Waals surface area (Å²) in [5.41, 5.74) is 6.69. The monoisotopic (exact) mass is 300 g/mol. The molecule has 20 heavy (non-hydrogen) atoms. The van der Waals surface area contributed by atoms with E-state index in [1.54, 1.807) is 18.5 Å². The average Bonchev–Trinajstić information content (AvgIpc) is 3.13. The van der Waals surface area contributed by atoms with Crippen LogP contribution in [-0.4, -0.2) is 31.3 Å². The number of nitrogens with one attached hydrogen (secondary N) is 1. The topological polar surface area (TPSA) is 90.0 Å². The number of nitrogens with two attached hydrogens (primary N) is 1. The minimum Gasteiger partial charge on any atom is -0.329 e. The maximum atomic E-state index is 12.4. The van der Waals surface area contributed by atoms with Crippen LogP contribution >= 0.6 is 0 Å². The molecule has 6 nitrogen and oxygen atoms in total. The van der Waals surface area contributed by atoms with Crippen molar-refractivity contribution >= 4 is 10.0 Å². The van der Waals surface area contributed by atoms with Crippen LogP contribution in [-0.2, 0) is 16.6 Å². The maximum absolute atomic E-state index is 12.4. The lowest BCUT2D eigenvalue weighted by molar-refractivity contribution is 0.569. The molecule has 1 aliphatic rings. The zero-order chi connectivity index (χ0) is 14.8. The van der Waals surface area contributed by atoms with Crippen molar-refractivity contribution in [3.8, 4) is 0 Å². The van der Waals surface area contributed by atoms with Crippen molar-refractivity contribution in [2.45, 2.75) is 51.0 Å². The third-order valence-electron chi connectivity index (χ3n) is 3.70. The van der Waals surface area contributed by atoms with E-state index in [2.05, 4.69) is 9.82 Å². The summed E-state index contributed by atoms with van der Waals surface area (Å²) < 4.78 is 29.1. The molecule has 0 saturated heterocycles. The summed E-state index contributed by atoms with van der Waals surface area (Å²) in [4.78, 5) is 0.303. The van der Waals surface area contributed by atoms with Crippen LogP contribution in [0, 0.1) is 19.8 Å². The number of rotatable bonds is 8. The van der Waals surface area contributed by atoms with Gasteiger partial charge in [0.15, 0.2) is 0 Å². The molecule has 7 heteroatoms. The molecule has 1 fully saturated rings. The van der Waals surface area contributed by atoms with E-state index in [4.69, 9.17) is 5.73 Å². The van der Waals surface area contributed by atoms with Crippen LogP contribution in [0.2, 0.25) is 0 Å². The van der Waals surface area contributed by atoms with Gasteiger partial charge in [-0.2, -0.15) is 5.10 Å². The molecule has 0 unspecified atom stereocenters. The molecule has 0 atom stereocenters. The second kappa shape index (κ2) is 6.24. The number of nitrogens with zero attached hydrogens (tertiary/aromatic N) is 2. The molecule has 2 rings (SSSR count). The largest absolute Gasteiger partial charge is 0.329 e. The van der Waals surface area contributed by atoms with Crippen molar-refractivity contribution in [1.82, 2.24) is 14.5 Å². The van der Waals surface area contributed by atoms with Gasteiger partial charge in [-0.1, -0.05) is 12.8 Å². The molecular formula is C13H24N4O2S. The van der Waals surface area contributed by atoms with Crippen LogP contribution in [0.3, 0.4) is 0 Å². The predicted molar refractivity (Wildman–Crippen MR) is 77.9 cm³/mol. The fourth-order valence-electron chi connectivity index (χ4n) is 2.49. The summed E-state index contributed by atoms with van der Waals surface area (Å²) in [5, 5.41) is 4.25. The van der Waals surface area contributed by atoms with Gasteiger partial charge in [-0.3, -0.25) is 4.68 Å². The van der Waals surface area contributed by atoms with Gasteiger partial charge in [0, 0.05) is 13.1 Å². The van der Waals surface area contributed by atoms with E-state index in [1.165, 1.54) is 12.8 Å². The number of sulfonamides is 1. The lowest BCUT2D eigenvalue weighted by Gasteiger charge is -2.07. The van der Waals surface area contributed by atoms with Gasteiger partial charge in [-0.15, -0.1) is 0 Å². The first-order valence-corrected chi connectivity index (χ1v) is 8.67. The first-order chi connectivity index (χ1) is 9.45. The Balaban J connectivity index is 2.03. The number of aryl methyl sites for hydroxylation is 1. The van der Waals surface area contributed by atoms with Crippen LogP contribution in [0.1, 0.15) is 37.1 Å². The molecule has 114 valence electrons. The number of aromatic nitrogens is 2. The first kappa shape index (κ1) is 15.5. The van der Waals surface area contributed by atoms with Gasteiger partial charge >= 0.3 is 0 Å². The molecule has 1 aromatic heterocycles. The molecule has 0 spiro atoms. The Hall–Kier alpha value is -0.920. The normalized spacial score (nSPS) is 15.8. The summed E-state index contributed by atoms with van der Waals surface area (Å²) in [7, 11) is -3.47. The lowest BCUT2D eigenvalue weighted by Crippen LogP contribution is -2.26. The van der Waals surface area contributed by atoms with Gasteiger partial charge in [-0.25, -0.2) is 13.1 Å². The SMILES string of the molecule is Cc1nn(CCN)c(C)c1S(=O)(=O)NCCCC1CC1. The molecule has 1 saturated carbocycles. The van der Waals surface area contributed by atoms with Crippen molar-refractivity contribution in [3.63, 3.8) is 0 Å². The third-order valence-corrected chi connectivity index (χ3v) is 5.42. The summed E-state index contributed by atoms with van der Waals surface area (Å²) in [6.45, 7) is 4.97. The molecule has 1 aliphatic carbocycles. The molecule has 1 heterocycles. The summed E-state index contributed by atoms with van der Waals surface area (Å²) in [5.74, 6) is 0.829. The van der Waals surface area contributed by atoms with E-state index >= 15 is 0 Å². The van der Waals surface area contributed by atoms with Crippen molar-refractivity contribution < 1.29 is 8.42 Å². The van der Waals surface area contributed by atoms with Gasteiger partial charge in [0.25, 0.3) is 0 Å². The number of hydrogen-bond acceptors (Lipinski definition) is 4. The average molecular weight is 300 g/mol. The zero-order valence-electron chi connectivity index (χ0n) is 12.2. The van der Waals surface area contributed by atoms with E-state index < -0.39 is 10.0 Å². The van der Waals surface area contributed by atoms with E-state index in [0.29, 0.717) is 35.9 Å². The van der Waals surface area contributed by atoms with Gasteiger partial charge < -0.3 is 5.73 Å². The highest BCUT2D eigenvalue weighted by molar-refractivity contribution is 7.89. The summed E-state index contributed by atoms with van der Waals surface area (Å²) in [6, 6.07) is 0. The molecule has 3 N–H and O–H groups in total. The van der Waals surface area contributed by atoms with E-state index in [9.17, 15) is 8.42 Å². The van der Waals surface area contributed by atoms with Crippen LogP contribution < -0.4 is 10.5 Å². The van der Waals surface area contributed by atoms with Crippen molar-refractivity contribution in [2.75, 3.05) is 13.1 Å². The van der Waals surface area contributed by atoms with Crippen LogP contribution in [0.4, 0.5) is 0 Å². The highest BCUT2D eigenvalue weighted by atomic mass is 32.2. The van der Waals surface area contributed by atoms with E-state index in [-0.39, 0.29) is 0 Å². The first-order valence-electron chi connectivity index (χ1n) is 7.19. The standard InChI is InChI=1S/C13H24N4O2S/c1-10-13(11(2)17(16-10)9-7-14)20(18,19)15-8-3-4-12-5-6-12/h12,15H,3-9,14H2,1-2H3. The van der Waals surface area contributed by atoms with Crippen LogP contribution in [0.15, 0.2) is 4.90 Å². The third kappa shape index (κ3) is 3.59. The second-order valence-corrected chi connectivity index (χ2v) is 7.20. The fourth-order valence-corrected chi connectivity index (χ4v) is 3.97. The highest BCUT2D eigenvalue weighted by Crippen LogP contribution is 2.33. The Kier molecular flexibility index (Phi) is 4.82. The molecular weight excluding hydrogens is 276 g/mol.